The van der Waals surface area contributed by atoms with Crippen LogP contribution in [0.5, 0.6) is 0 Å². The Morgan fingerprint density at radius 3 is 2.95 bits per heavy atom. The van der Waals surface area contributed by atoms with Crippen molar-refractivity contribution in [3.63, 3.8) is 0 Å². The lowest BCUT2D eigenvalue weighted by Gasteiger charge is -2.16. The summed E-state index contributed by atoms with van der Waals surface area (Å²) in [7, 11) is 0. The van der Waals surface area contributed by atoms with E-state index in [9.17, 15) is 4.39 Å². The highest BCUT2D eigenvalue weighted by Crippen LogP contribution is 2.20. The van der Waals surface area contributed by atoms with Gasteiger partial charge in [0.2, 0.25) is 0 Å². The number of H-pyrrole nitrogens is 1. The van der Waals surface area contributed by atoms with Crippen molar-refractivity contribution in [2.45, 2.75) is 25.8 Å². The highest BCUT2D eigenvalue weighted by molar-refractivity contribution is 6.30. The van der Waals surface area contributed by atoms with E-state index < -0.39 is 0 Å². The molecule has 1 aromatic heterocycles. The predicted octanol–water partition coefficient (Wildman–Crippen LogP) is 2.88. The first-order valence-electron chi connectivity index (χ1n) is 6.23. The molecular formula is C13H16ClFN4. The molecular weight excluding hydrogens is 267 g/mol. The molecule has 2 N–H and O–H groups in total. The van der Waals surface area contributed by atoms with Crippen molar-refractivity contribution in [3.8, 4) is 0 Å². The van der Waals surface area contributed by atoms with E-state index in [4.69, 9.17) is 11.6 Å². The van der Waals surface area contributed by atoms with Crippen molar-refractivity contribution in [1.82, 2.24) is 20.5 Å². The summed E-state index contributed by atoms with van der Waals surface area (Å²) >= 11 is 5.75. The van der Waals surface area contributed by atoms with Gasteiger partial charge in [-0.15, -0.1) is 0 Å². The third kappa shape index (κ3) is 3.75. The second-order valence-electron chi connectivity index (χ2n) is 4.32. The van der Waals surface area contributed by atoms with Crippen LogP contribution in [0.3, 0.4) is 0 Å². The summed E-state index contributed by atoms with van der Waals surface area (Å²) in [6.07, 6.45) is 2.94. The number of hydrogen-bond donors (Lipinski definition) is 2. The zero-order valence-corrected chi connectivity index (χ0v) is 11.4. The van der Waals surface area contributed by atoms with Gasteiger partial charge in [0, 0.05) is 5.02 Å². The SMILES string of the molecule is CCCNC(Cc1ccc(Cl)cc1F)c1ncn[nH]1. The van der Waals surface area contributed by atoms with Crippen LogP contribution in [0.4, 0.5) is 4.39 Å². The van der Waals surface area contributed by atoms with Crippen LogP contribution in [0.15, 0.2) is 24.5 Å². The van der Waals surface area contributed by atoms with Gasteiger partial charge in [0.25, 0.3) is 0 Å². The van der Waals surface area contributed by atoms with E-state index >= 15 is 0 Å². The van der Waals surface area contributed by atoms with E-state index in [0.717, 1.165) is 13.0 Å². The minimum Gasteiger partial charge on any atom is -0.307 e. The van der Waals surface area contributed by atoms with Crippen LogP contribution in [0, 0.1) is 5.82 Å². The van der Waals surface area contributed by atoms with Crippen LogP contribution in [0.1, 0.15) is 30.8 Å². The molecule has 2 aromatic rings. The molecule has 2 rings (SSSR count). The quantitative estimate of drug-likeness (QED) is 0.856. The molecule has 19 heavy (non-hydrogen) atoms. The Morgan fingerprint density at radius 2 is 2.32 bits per heavy atom. The first-order valence-corrected chi connectivity index (χ1v) is 6.61. The molecule has 0 radical (unpaired) electrons. The molecule has 102 valence electrons. The summed E-state index contributed by atoms with van der Waals surface area (Å²) in [4.78, 5) is 4.14. The zero-order valence-electron chi connectivity index (χ0n) is 10.7. The van der Waals surface area contributed by atoms with Gasteiger partial charge in [0.15, 0.2) is 0 Å². The van der Waals surface area contributed by atoms with Gasteiger partial charge in [0.1, 0.15) is 18.0 Å². The summed E-state index contributed by atoms with van der Waals surface area (Å²) in [5, 5.41) is 10.4. The van der Waals surface area contributed by atoms with Gasteiger partial charge in [-0.05, 0) is 37.1 Å². The van der Waals surface area contributed by atoms with Gasteiger partial charge in [0.05, 0.1) is 6.04 Å². The summed E-state index contributed by atoms with van der Waals surface area (Å²) in [6, 6.07) is 4.64. The van der Waals surface area contributed by atoms with E-state index in [1.807, 2.05) is 0 Å². The van der Waals surface area contributed by atoms with E-state index in [0.29, 0.717) is 22.8 Å². The molecule has 0 amide bonds. The molecule has 0 aliphatic carbocycles. The standard InChI is InChI=1S/C13H16ClFN4/c1-2-5-16-12(13-17-8-18-19-13)6-9-3-4-10(14)7-11(9)15/h3-4,7-8,12,16H,2,5-6H2,1H3,(H,17,18,19). The fraction of sp³-hybridized carbons (Fsp3) is 0.385. The average molecular weight is 283 g/mol. The molecule has 0 aliphatic rings. The maximum atomic E-state index is 13.8. The third-order valence-electron chi connectivity index (χ3n) is 2.84. The zero-order chi connectivity index (χ0) is 13.7. The number of benzene rings is 1. The molecule has 0 saturated carbocycles. The molecule has 0 saturated heterocycles. The Kier molecular flexibility index (Phi) is 4.87. The lowest BCUT2D eigenvalue weighted by molar-refractivity contribution is 0.493. The smallest absolute Gasteiger partial charge is 0.141 e. The van der Waals surface area contributed by atoms with Gasteiger partial charge in [-0.1, -0.05) is 24.6 Å². The first-order chi connectivity index (χ1) is 9.20. The number of halogens is 2. The molecule has 4 nitrogen and oxygen atoms in total. The lowest BCUT2D eigenvalue weighted by atomic mass is 10.0. The first kappa shape index (κ1) is 14.0. The maximum Gasteiger partial charge on any atom is 0.141 e. The van der Waals surface area contributed by atoms with E-state index in [-0.39, 0.29) is 11.9 Å². The number of rotatable bonds is 6. The number of aromatic amines is 1. The molecule has 0 fully saturated rings. The van der Waals surface area contributed by atoms with Crippen LogP contribution >= 0.6 is 11.6 Å². The molecule has 1 atom stereocenters. The van der Waals surface area contributed by atoms with Crippen molar-refractivity contribution in [3.05, 3.63) is 46.8 Å². The minimum atomic E-state index is -0.296. The van der Waals surface area contributed by atoms with Gasteiger partial charge in [-0.2, -0.15) is 5.10 Å². The predicted molar refractivity (Wildman–Crippen MR) is 72.5 cm³/mol. The molecule has 1 unspecified atom stereocenters. The fourth-order valence-electron chi connectivity index (χ4n) is 1.87. The summed E-state index contributed by atoms with van der Waals surface area (Å²) in [6.45, 7) is 2.91. The van der Waals surface area contributed by atoms with Crippen LogP contribution in [-0.2, 0) is 6.42 Å². The van der Waals surface area contributed by atoms with Crippen molar-refractivity contribution in [2.75, 3.05) is 6.54 Å². The minimum absolute atomic E-state index is 0.0851. The lowest BCUT2D eigenvalue weighted by Crippen LogP contribution is -2.25. The van der Waals surface area contributed by atoms with Gasteiger partial charge in [-0.3, -0.25) is 5.10 Å². The topological polar surface area (TPSA) is 53.6 Å². The number of aromatic nitrogens is 3. The van der Waals surface area contributed by atoms with Gasteiger partial charge < -0.3 is 5.32 Å². The largest absolute Gasteiger partial charge is 0.307 e. The van der Waals surface area contributed by atoms with E-state index in [1.165, 1.54) is 12.4 Å². The van der Waals surface area contributed by atoms with Crippen molar-refractivity contribution in [2.24, 2.45) is 0 Å². The monoisotopic (exact) mass is 282 g/mol. The Labute approximate surface area is 116 Å². The van der Waals surface area contributed by atoms with Crippen LogP contribution in [0.25, 0.3) is 0 Å². The Balaban J connectivity index is 2.15. The van der Waals surface area contributed by atoms with Crippen molar-refractivity contribution in [1.29, 1.82) is 0 Å². The summed E-state index contributed by atoms with van der Waals surface area (Å²) < 4.78 is 13.8. The van der Waals surface area contributed by atoms with Crippen molar-refractivity contribution < 1.29 is 4.39 Å². The molecule has 1 heterocycles. The molecule has 0 spiro atoms. The molecule has 0 aliphatic heterocycles. The van der Waals surface area contributed by atoms with Crippen LogP contribution in [0.2, 0.25) is 5.02 Å². The second-order valence-corrected chi connectivity index (χ2v) is 4.75. The van der Waals surface area contributed by atoms with Crippen LogP contribution < -0.4 is 5.32 Å². The molecule has 6 heteroatoms. The van der Waals surface area contributed by atoms with Crippen LogP contribution in [-0.4, -0.2) is 21.7 Å². The van der Waals surface area contributed by atoms with Crippen molar-refractivity contribution >= 4 is 11.6 Å². The molecule has 1 aromatic carbocycles. The Hall–Kier alpha value is -1.46. The van der Waals surface area contributed by atoms with E-state index in [1.54, 1.807) is 12.1 Å². The van der Waals surface area contributed by atoms with Gasteiger partial charge in [-0.25, -0.2) is 9.37 Å². The summed E-state index contributed by atoms with van der Waals surface area (Å²) in [5.74, 6) is 0.415. The number of hydrogen-bond acceptors (Lipinski definition) is 3. The normalized spacial score (nSPS) is 12.6. The average Bonchev–Trinajstić information content (AvgIpc) is 2.90. The second kappa shape index (κ2) is 6.63. The highest BCUT2D eigenvalue weighted by atomic mass is 35.5. The number of nitrogens with one attached hydrogen (secondary N) is 2. The van der Waals surface area contributed by atoms with E-state index in [2.05, 4.69) is 27.4 Å². The number of nitrogens with zero attached hydrogens (tertiary/aromatic N) is 2. The Morgan fingerprint density at radius 1 is 1.47 bits per heavy atom. The summed E-state index contributed by atoms with van der Waals surface area (Å²) in [5.41, 5.74) is 0.606. The third-order valence-corrected chi connectivity index (χ3v) is 3.08. The highest BCUT2D eigenvalue weighted by Gasteiger charge is 2.16. The van der Waals surface area contributed by atoms with Gasteiger partial charge >= 0.3 is 0 Å². The maximum absolute atomic E-state index is 13.8. The molecule has 0 bridgehead atoms. The Bertz CT molecular complexity index is 515. The fourth-order valence-corrected chi connectivity index (χ4v) is 2.03.